The zero-order chi connectivity index (χ0) is 19.4. The van der Waals surface area contributed by atoms with Crippen LogP contribution in [-0.4, -0.2) is 41.3 Å². The van der Waals surface area contributed by atoms with Crippen molar-refractivity contribution in [1.29, 1.82) is 0 Å². The molecule has 8 heteroatoms. The third-order valence-electron chi connectivity index (χ3n) is 4.53. The SMILES string of the molecule is NC(=O)CN1CCCC(C(=O)Nc2ccc(-c3cccc(F)c3F)cn2)C1. The zero-order valence-electron chi connectivity index (χ0n) is 14.6. The Morgan fingerprint density at radius 2 is 2.07 bits per heavy atom. The van der Waals surface area contributed by atoms with Crippen LogP contribution in [0.3, 0.4) is 0 Å². The lowest BCUT2D eigenvalue weighted by Gasteiger charge is -2.30. The highest BCUT2D eigenvalue weighted by Crippen LogP contribution is 2.25. The van der Waals surface area contributed by atoms with Gasteiger partial charge in [0, 0.05) is 23.9 Å². The molecule has 1 aliphatic heterocycles. The quantitative estimate of drug-likeness (QED) is 0.840. The largest absolute Gasteiger partial charge is 0.369 e. The number of primary amides is 1. The Hall–Kier alpha value is -2.87. The van der Waals surface area contributed by atoms with Gasteiger partial charge in [0.15, 0.2) is 11.6 Å². The number of benzene rings is 1. The summed E-state index contributed by atoms with van der Waals surface area (Å²) in [5.74, 6) is -2.41. The number of amides is 2. The van der Waals surface area contributed by atoms with Gasteiger partial charge >= 0.3 is 0 Å². The molecule has 2 aromatic rings. The first-order valence-corrected chi connectivity index (χ1v) is 8.66. The van der Waals surface area contributed by atoms with Crippen LogP contribution in [0.15, 0.2) is 36.5 Å². The molecule has 27 heavy (non-hydrogen) atoms. The number of nitrogens with two attached hydrogens (primary N) is 1. The smallest absolute Gasteiger partial charge is 0.231 e. The van der Waals surface area contributed by atoms with Gasteiger partial charge < -0.3 is 11.1 Å². The summed E-state index contributed by atoms with van der Waals surface area (Å²) < 4.78 is 27.2. The minimum absolute atomic E-state index is 0.106. The number of carbonyl (C=O) groups excluding carboxylic acids is 2. The molecule has 3 rings (SSSR count). The fourth-order valence-electron chi connectivity index (χ4n) is 3.22. The summed E-state index contributed by atoms with van der Waals surface area (Å²) in [6, 6.07) is 7.04. The number of nitrogens with one attached hydrogen (secondary N) is 1. The van der Waals surface area contributed by atoms with Crippen LogP contribution in [0.5, 0.6) is 0 Å². The maximum Gasteiger partial charge on any atom is 0.231 e. The Labute approximate surface area is 155 Å². The second-order valence-corrected chi connectivity index (χ2v) is 6.56. The minimum Gasteiger partial charge on any atom is -0.369 e. The van der Waals surface area contributed by atoms with Gasteiger partial charge in [-0.25, -0.2) is 13.8 Å². The molecule has 1 fully saturated rings. The van der Waals surface area contributed by atoms with Gasteiger partial charge in [0.1, 0.15) is 5.82 Å². The molecule has 142 valence electrons. The summed E-state index contributed by atoms with van der Waals surface area (Å²) in [6.07, 6.45) is 2.90. The molecule has 1 aromatic carbocycles. The van der Waals surface area contributed by atoms with Crippen LogP contribution in [0.1, 0.15) is 12.8 Å². The van der Waals surface area contributed by atoms with Crippen LogP contribution >= 0.6 is 0 Å². The molecule has 0 aliphatic carbocycles. The molecule has 3 N–H and O–H groups in total. The number of pyridine rings is 1. The standard InChI is InChI=1S/C19H20F2N4O2/c20-15-5-1-4-14(18(15)21)12-6-7-17(23-9-12)24-19(27)13-3-2-8-25(10-13)11-16(22)26/h1,4-7,9,13H,2-3,8,10-11H2,(H2,22,26)(H,23,24,27). The van der Waals surface area contributed by atoms with Crippen molar-refractivity contribution in [2.75, 3.05) is 25.0 Å². The number of piperidine rings is 1. The van der Waals surface area contributed by atoms with E-state index < -0.39 is 17.5 Å². The fourth-order valence-corrected chi connectivity index (χ4v) is 3.22. The normalized spacial score (nSPS) is 17.5. The number of anilines is 1. The molecule has 0 spiro atoms. The molecule has 0 radical (unpaired) electrons. The lowest BCUT2D eigenvalue weighted by molar-refractivity contribution is -0.124. The number of halogens is 2. The first-order valence-electron chi connectivity index (χ1n) is 8.66. The number of likely N-dealkylation sites (tertiary alicyclic amines) is 1. The van der Waals surface area contributed by atoms with Crippen molar-refractivity contribution >= 4 is 17.6 Å². The summed E-state index contributed by atoms with van der Waals surface area (Å²) >= 11 is 0. The molecule has 2 amide bonds. The Morgan fingerprint density at radius 3 is 2.78 bits per heavy atom. The predicted octanol–water partition coefficient (Wildman–Crippen LogP) is 2.16. The van der Waals surface area contributed by atoms with Crippen molar-refractivity contribution in [3.8, 4) is 11.1 Å². The van der Waals surface area contributed by atoms with Gasteiger partial charge in [0.2, 0.25) is 11.8 Å². The molecular formula is C19H20F2N4O2. The summed E-state index contributed by atoms with van der Waals surface area (Å²) in [6.45, 7) is 1.33. The van der Waals surface area contributed by atoms with Crippen molar-refractivity contribution in [2.45, 2.75) is 12.8 Å². The van der Waals surface area contributed by atoms with Gasteiger partial charge in [0.05, 0.1) is 12.5 Å². The first-order chi connectivity index (χ1) is 12.9. The van der Waals surface area contributed by atoms with E-state index >= 15 is 0 Å². The highest BCUT2D eigenvalue weighted by Gasteiger charge is 2.26. The summed E-state index contributed by atoms with van der Waals surface area (Å²) in [5, 5.41) is 2.73. The van der Waals surface area contributed by atoms with Gasteiger partial charge in [-0.05, 0) is 37.6 Å². The maximum absolute atomic E-state index is 13.9. The topological polar surface area (TPSA) is 88.3 Å². The summed E-state index contributed by atoms with van der Waals surface area (Å²) in [4.78, 5) is 29.5. The average molecular weight is 374 g/mol. The van der Waals surface area contributed by atoms with Crippen LogP contribution in [-0.2, 0) is 9.59 Å². The highest BCUT2D eigenvalue weighted by atomic mass is 19.2. The maximum atomic E-state index is 13.9. The van der Waals surface area contributed by atoms with Gasteiger partial charge in [-0.1, -0.05) is 12.1 Å². The lowest BCUT2D eigenvalue weighted by Crippen LogP contribution is -2.44. The van der Waals surface area contributed by atoms with E-state index in [0.29, 0.717) is 24.3 Å². The van der Waals surface area contributed by atoms with Crippen LogP contribution < -0.4 is 11.1 Å². The highest BCUT2D eigenvalue weighted by molar-refractivity contribution is 5.92. The van der Waals surface area contributed by atoms with Crippen LogP contribution in [0.2, 0.25) is 0 Å². The number of hydrogen-bond acceptors (Lipinski definition) is 4. The predicted molar refractivity (Wildman–Crippen MR) is 96.6 cm³/mol. The number of carbonyl (C=O) groups is 2. The van der Waals surface area contributed by atoms with E-state index in [-0.39, 0.29) is 23.9 Å². The first kappa shape index (κ1) is 18.9. The molecule has 1 saturated heterocycles. The molecule has 2 heterocycles. The Balaban J connectivity index is 1.65. The molecule has 0 bridgehead atoms. The van der Waals surface area contributed by atoms with E-state index in [9.17, 15) is 18.4 Å². The van der Waals surface area contributed by atoms with E-state index in [1.54, 1.807) is 12.1 Å². The van der Waals surface area contributed by atoms with E-state index in [2.05, 4.69) is 10.3 Å². The molecule has 6 nitrogen and oxygen atoms in total. The Morgan fingerprint density at radius 1 is 1.26 bits per heavy atom. The van der Waals surface area contributed by atoms with Crippen LogP contribution in [0, 0.1) is 17.6 Å². The second kappa shape index (κ2) is 8.22. The van der Waals surface area contributed by atoms with Crippen molar-refractivity contribution in [3.05, 3.63) is 48.2 Å². The fraction of sp³-hybridized carbons (Fsp3) is 0.316. The summed E-state index contributed by atoms with van der Waals surface area (Å²) in [5.41, 5.74) is 5.73. The zero-order valence-corrected chi connectivity index (χ0v) is 14.6. The van der Waals surface area contributed by atoms with Crippen molar-refractivity contribution in [2.24, 2.45) is 11.7 Å². The minimum atomic E-state index is -0.937. The molecule has 1 aliphatic rings. The van der Waals surface area contributed by atoms with Gasteiger partial charge in [-0.2, -0.15) is 0 Å². The Kier molecular flexibility index (Phi) is 5.75. The van der Waals surface area contributed by atoms with Crippen molar-refractivity contribution < 1.29 is 18.4 Å². The van der Waals surface area contributed by atoms with Crippen molar-refractivity contribution in [1.82, 2.24) is 9.88 Å². The molecule has 1 unspecified atom stereocenters. The molecule has 0 saturated carbocycles. The number of aromatic nitrogens is 1. The third-order valence-corrected chi connectivity index (χ3v) is 4.53. The van der Waals surface area contributed by atoms with Gasteiger partial charge in [-0.15, -0.1) is 0 Å². The van der Waals surface area contributed by atoms with E-state index in [4.69, 9.17) is 5.73 Å². The number of rotatable bonds is 5. The monoisotopic (exact) mass is 374 g/mol. The van der Waals surface area contributed by atoms with E-state index in [0.717, 1.165) is 19.0 Å². The second-order valence-electron chi connectivity index (χ2n) is 6.56. The number of hydrogen-bond donors (Lipinski definition) is 2. The molecule has 1 aromatic heterocycles. The summed E-state index contributed by atoms with van der Waals surface area (Å²) in [7, 11) is 0. The Bertz CT molecular complexity index is 842. The van der Waals surface area contributed by atoms with Crippen LogP contribution in [0.4, 0.5) is 14.6 Å². The average Bonchev–Trinajstić information content (AvgIpc) is 2.64. The van der Waals surface area contributed by atoms with E-state index in [1.807, 2.05) is 4.90 Å². The van der Waals surface area contributed by atoms with Crippen molar-refractivity contribution in [3.63, 3.8) is 0 Å². The van der Waals surface area contributed by atoms with E-state index in [1.165, 1.54) is 18.3 Å². The van der Waals surface area contributed by atoms with Crippen LogP contribution in [0.25, 0.3) is 11.1 Å². The number of nitrogens with zero attached hydrogens (tertiary/aromatic N) is 2. The van der Waals surface area contributed by atoms with Gasteiger partial charge in [0.25, 0.3) is 0 Å². The van der Waals surface area contributed by atoms with Gasteiger partial charge in [-0.3, -0.25) is 14.5 Å². The molecular weight excluding hydrogens is 354 g/mol. The lowest BCUT2D eigenvalue weighted by atomic mass is 9.97. The third kappa shape index (κ3) is 4.65. The molecule has 1 atom stereocenters.